The first-order valence-electron chi connectivity index (χ1n) is 8.93. The van der Waals surface area contributed by atoms with Crippen molar-refractivity contribution in [3.8, 4) is 0 Å². The molecule has 0 bridgehead atoms. The van der Waals surface area contributed by atoms with Crippen LogP contribution in [0.5, 0.6) is 0 Å². The number of rotatable bonds is 6. The number of esters is 1. The molecule has 1 saturated heterocycles. The Morgan fingerprint density at radius 3 is 2.93 bits per heavy atom. The lowest BCUT2D eigenvalue weighted by Gasteiger charge is -2.32. The first-order valence-corrected chi connectivity index (χ1v) is 8.93. The summed E-state index contributed by atoms with van der Waals surface area (Å²) in [6.45, 7) is 2.77. The molecule has 2 aromatic rings. The molecule has 9 nitrogen and oxygen atoms in total. The number of nitrogens with zero attached hydrogens (tertiary/aromatic N) is 4. The minimum Gasteiger partial charge on any atom is -0.466 e. The number of anilines is 3. The third-order valence-electron chi connectivity index (χ3n) is 4.45. The van der Waals surface area contributed by atoms with E-state index in [-0.39, 0.29) is 48.0 Å². The molecule has 1 aliphatic heterocycles. The van der Waals surface area contributed by atoms with Gasteiger partial charge in [0.1, 0.15) is 12.1 Å². The molecule has 3 rings (SSSR count). The van der Waals surface area contributed by atoms with E-state index in [0.717, 1.165) is 0 Å². The van der Waals surface area contributed by atoms with E-state index in [1.54, 1.807) is 17.9 Å². The van der Waals surface area contributed by atoms with Gasteiger partial charge in [-0.2, -0.15) is 0 Å². The summed E-state index contributed by atoms with van der Waals surface area (Å²) in [5, 5.41) is 14.4. The van der Waals surface area contributed by atoms with Crippen molar-refractivity contribution in [3.63, 3.8) is 0 Å². The van der Waals surface area contributed by atoms with E-state index in [1.165, 1.54) is 24.5 Å². The summed E-state index contributed by atoms with van der Waals surface area (Å²) in [5.74, 6) is -1.29. The van der Waals surface area contributed by atoms with Crippen molar-refractivity contribution in [3.05, 3.63) is 46.5 Å². The van der Waals surface area contributed by atoms with E-state index in [4.69, 9.17) is 4.74 Å². The number of para-hydroxylation sites is 1. The van der Waals surface area contributed by atoms with E-state index < -0.39 is 10.7 Å². The fraction of sp³-hybridized carbons (Fsp3) is 0.389. The molecule has 1 aliphatic rings. The van der Waals surface area contributed by atoms with E-state index in [1.807, 2.05) is 0 Å². The molecule has 1 aromatic carbocycles. The fourth-order valence-corrected chi connectivity index (χ4v) is 3.17. The highest BCUT2D eigenvalue weighted by Gasteiger charge is 2.33. The van der Waals surface area contributed by atoms with E-state index in [2.05, 4.69) is 15.3 Å². The lowest BCUT2D eigenvalue weighted by Crippen LogP contribution is -2.40. The lowest BCUT2D eigenvalue weighted by molar-refractivity contribution is -0.383. The molecule has 1 unspecified atom stereocenters. The quantitative estimate of drug-likeness (QED) is 0.456. The summed E-state index contributed by atoms with van der Waals surface area (Å²) in [7, 11) is 0. The molecule has 28 heavy (non-hydrogen) atoms. The predicted octanol–water partition coefficient (Wildman–Crippen LogP) is 3.05. The van der Waals surface area contributed by atoms with Gasteiger partial charge < -0.3 is 15.0 Å². The van der Waals surface area contributed by atoms with Crippen molar-refractivity contribution in [2.24, 2.45) is 5.92 Å². The zero-order valence-electron chi connectivity index (χ0n) is 15.3. The zero-order valence-corrected chi connectivity index (χ0v) is 15.3. The molecule has 1 N–H and O–H groups in total. The first-order chi connectivity index (χ1) is 13.5. The largest absolute Gasteiger partial charge is 0.466 e. The van der Waals surface area contributed by atoms with Crippen LogP contribution in [0.15, 0.2) is 30.6 Å². The highest BCUT2D eigenvalue weighted by atomic mass is 19.1. The second-order valence-electron chi connectivity index (χ2n) is 6.29. The molecule has 0 amide bonds. The van der Waals surface area contributed by atoms with Crippen LogP contribution in [0.3, 0.4) is 0 Å². The summed E-state index contributed by atoms with van der Waals surface area (Å²) in [4.78, 5) is 32.9. The lowest BCUT2D eigenvalue weighted by atomic mass is 9.98. The van der Waals surface area contributed by atoms with Crippen molar-refractivity contribution >= 4 is 29.0 Å². The van der Waals surface area contributed by atoms with Crippen LogP contribution in [0.1, 0.15) is 19.8 Å². The first kappa shape index (κ1) is 19.5. The van der Waals surface area contributed by atoms with Crippen molar-refractivity contribution < 1.29 is 18.8 Å². The second kappa shape index (κ2) is 8.59. The van der Waals surface area contributed by atoms with Crippen LogP contribution in [0, 0.1) is 21.8 Å². The Kier molecular flexibility index (Phi) is 5.97. The number of nitrogens with one attached hydrogen (secondary N) is 1. The number of carbonyl (C=O) groups excluding carboxylic acids is 1. The van der Waals surface area contributed by atoms with Gasteiger partial charge in [0.2, 0.25) is 11.6 Å². The molecule has 1 atom stereocenters. The maximum Gasteiger partial charge on any atom is 0.353 e. The number of hydrogen-bond acceptors (Lipinski definition) is 8. The Morgan fingerprint density at radius 2 is 2.21 bits per heavy atom. The Labute approximate surface area is 160 Å². The van der Waals surface area contributed by atoms with Crippen LogP contribution in [0.25, 0.3) is 0 Å². The Balaban J connectivity index is 1.92. The molecule has 148 valence electrons. The molecule has 0 spiro atoms. The van der Waals surface area contributed by atoms with Gasteiger partial charge in [0.15, 0.2) is 0 Å². The maximum atomic E-state index is 13.9. The van der Waals surface area contributed by atoms with Crippen LogP contribution >= 0.6 is 0 Å². The number of aromatic nitrogens is 2. The number of ether oxygens (including phenoxy) is 1. The third kappa shape index (κ3) is 4.16. The predicted molar refractivity (Wildman–Crippen MR) is 99.9 cm³/mol. The van der Waals surface area contributed by atoms with Gasteiger partial charge in [-0.15, -0.1) is 0 Å². The van der Waals surface area contributed by atoms with Gasteiger partial charge in [-0.3, -0.25) is 14.9 Å². The van der Waals surface area contributed by atoms with E-state index in [9.17, 15) is 19.3 Å². The second-order valence-corrected chi connectivity index (χ2v) is 6.29. The number of piperidine rings is 1. The molecule has 0 radical (unpaired) electrons. The van der Waals surface area contributed by atoms with Crippen molar-refractivity contribution in [1.82, 2.24) is 9.97 Å². The smallest absolute Gasteiger partial charge is 0.353 e. The summed E-state index contributed by atoms with van der Waals surface area (Å²) in [6.07, 6.45) is 2.49. The van der Waals surface area contributed by atoms with Crippen molar-refractivity contribution in [2.45, 2.75) is 19.8 Å². The standard InChI is InChI=1S/C18H20FN5O4/c1-2-28-18(25)12-6-5-9-23(10-12)17-15(24(26)27)16(20-11-21-17)22-14-8-4-3-7-13(14)19/h3-4,7-8,11-12H,2,5-6,9-10H2,1H3,(H,20,21,22). The monoisotopic (exact) mass is 389 g/mol. The maximum absolute atomic E-state index is 13.9. The van der Waals surface area contributed by atoms with Crippen LogP contribution in [0.2, 0.25) is 0 Å². The van der Waals surface area contributed by atoms with Crippen molar-refractivity contribution in [2.75, 3.05) is 29.9 Å². The molecule has 0 aliphatic carbocycles. The summed E-state index contributed by atoms with van der Waals surface area (Å²) in [6, 6.07) is 5.82. The normalized spacial score (nSPS) is 16.5. The summed E-state index contributed by atoms with van der Waals surface area (Å²) < 4.78 is 19.0. The Hall–Kier alpha value is -3.30. The number of nitro groups is 1. The average Bonchev–Trinajstić information content (AvgIpc) is 2.69. The van der Waals surface area contributed by atoms with E-state index >= 15 is 0 Å². The molecule has 1 fully saturated rings. The number of hydrogen-bond donors (Lipinski definition) is 1. The van der Waals surface area contributed by atoms with Crippen LogP contribution in [-0.4, -0.2) is 40.6 Å². The molecule has 1 aromatic heterocycles. The summed E-state index contributed by atoms with van der Waals surface area (Å²) >= 11 is 0. The molecule has 0 saturated carbocycles. The van der Waals surface area contributed by atoms with Gasteiger partial charge in [0.05, 0.1) is 23.1 Å². The third-order valence-corrected chi connectivity index (χ3v) is 4.45. The van der Waals surface area contributed by atoms with E-state index in [0.29, 0.717) is 19.4 Å². The molecular formula is C18H20FN5O4. The molecule has 10 heteroatoms. The fourth-order valence-electron chi connectivity index (χ4n) is 3.17. The van der Waals surface area contributed by atoms with Gasteiger partial charge in [-0.25, -0.2) is 14.4 Å². The Morgan fingerprint density at radius 1 is 1.43 bits per heavy atom. The van der Waals surface area contributed by atoms with Crippen molar-refractivity contribution in [1.29, 1.82) is 0 Å². The number of benzene rings is 1. The van der Waals surface area contributed by atoms with Gasteiger partial charge in [-0.1, -0.05) is 12.1 Å². The number of carbonyl (C=O) groups is 1. The van der Waals surface area contributed by atoms with Crippen LogP contribution < -0.4 is 10.2 Å². The highest BCUT2D eigenvalue weighted by molar-refractivity contribution is 5.77. The SMILES string of the molecule is CCOC(=O)C1CCCN(c2ncnc(Nc3ccccc3F)c2[N+](=O)[O-])C1. The Bertz CT molecular complexity index is 879. The molecular weight excluding hydrogens is 369 g/mol. The minimum atomic E-state index is -0.605. The molecule has 2 heterocycles. The topological polar surface area (TPSA) is 110 Å². The minimum absolute atomic E-state index is 0.0679. The number of halogens is 1. The van der Waals surface area contributed by atoms with Crippen LogP contribution in [0.4, 0.5) is 27.4 Å². The van der Waals surface area contributed by atoms with Gasteiger partial charge >= 0.3 is 11.7 Å². The van der Waals surface area contributed by atoms with Gasteiger partial charge in [-0.05, 0) is 31.9 Å². The summed E-state index contributed by atoms with van der Waals surface area (Å²) in [5.41, 5.74) is -0.298. The highest BCUT2D eigenvalue weighted by Crippen LogP contribution is 2.36. The van der Waals surface area contributed by atoms with Crippen LogP contribution in [-0.2, 0) is 9.53 Å². The van der Waals surface area contributed by atoms with Gasteiger partial charge in [0.25, 0.3) is 0 Å². The van der Waals surface area contributed by atoms with Gasteiger partial charge in [0, 0.05) is 13.1 Å². The zero-order chi connectivity index (χ0) is 20.1. The average molecular weight is 389 g/mol.